The third-order valence-corrected chi connectivity index (χ3v) is 3.65. The van der Waals surface area contributed by atoms with Crippen LogP contribution in [0, 0.1) is 10.1 Å². The number of benzene rings is 2. The smallest absolute Gasteiger partial charge is 0.270 e. The van der Waals surface area contributed by atoms with Gasteiger partial charge >= 0.3 is 0 Å². The molecule has 0 amide bonds. The quantitative estimate of drug-likeness (QED) is 0.585. The van der Waals surface area contributed by atoms with Crippen molar-refractivity contribution in [2.45, 2.75) is 6.42 Å². The van der Waals surface area contributed by atoms with Crippen LogP contribution >= 0.6 is 15.9 Å². The molecule has 0 aliphatic carbocycles. The van der Waals surface area contributed by atoms with Gasteiger partial charge in [0.15, 0.2) is 0 Å². The summed E-state index contributed by atoms with van der Waals surface area (Å²) < 4.78 is 1.02. The van der Waals surface area contributed by atoms with E-state index in [1.165, 1.54) is 6.07 Å². The molecular weight excluding hydrogens is 322 g/mol. The molecule has 0 saturated carbocycles. The maximum atomic E-state index is 10.8. The van der Waals surface area contributed by atoms with Crippen molar-refractivity contribution >= 4 is 32.5 Å². The van der Waals surface area contributed by atoms with Crippen molar-refractivity contribution in [2.75, 3.05) is 0 Å². The van der Waals surface area contributed by atoms with Crippen LogP contribution in [0.4, 0.5) is 5.69 Å². The second kappa shape index (κ2) is 5.05. The van der Waals surface area contributed by atoms with Crippen LogP contribution in [0.3, 0.4) is 0 Å². The van der Waals surface area contributed by atoms with Crippen LogP contribution in [0.2, 0.25) is 0 Å². The van der Waals surface area contributed by atoms with E-state index in [0.717, 1.165) is 26.6 Å². The molecule has 2 aromatic carbocycles. The molecule has 3 aromatic rings. The third-order valence-electron chi connectivity index (χ3n) is 3.12. The van der Waals surface area contributed by atoms with Crippen LogP contribution in [-0.2, 0) is 6.42 Å². The number of aromatic amines is 1. The Morgan fingerprint density at radius 2 is 1.95 bits per heavy atom. The molecule has 1 aromatic heterocycles. The van der Waals surface area contributed by atoms with Gasteiger partial charge in [-0.2, -0.15) is 5.10 Å². The van der Waals surface area contributed by atoms with E-state index in [2.05, 4.69) is 26.1 Å². The SMILES string of the molecule is O=[N+]([O-])c1ccc2n[nH]c(Cc3ccc(Br)cc3)c2c1. The molecule has 5 nitrogen and oxygen atoms in total. The minimum Gasteiger partial charge on any atom is -0.281 e. The molecule has 100 valence electrons. The minimum atomic E-state index is -0.393. The summed E-state index contributed by atoms with van der Waals surface area (Å²) in [5.41, 5.74) is 2.81. The Hall–Kier alpha value is -2.21. The lowest BCUT2D eigenvalue weighted by molar-refractivity contribution is -0.384. The number of nitro groups is 1. The molecule has 0 aliphatic rings. The zero-order valence-corrected chi connectivity index (χ0v) is 11.9. The fourth-order valence-electron chi connectivity index (χ4n) is 2.11. The molecule has 0 unspecified atom stereocenters. The Labute approximate surface area is 122 Å². The highest BCUT2D eigenvalue weighted by molar-refractivity contribution is 9.10. The monoisotopic (exact) mass is 331 g/mol. The number of rotatable bonds is 3. The van der Waals surface area contributed by atoms with Gasteiger partial charge in [0.2, 0.25) is 0 Å². The fraction of sp³-hybridized carbons (Fsp3) is 0.0714. The Morgan fingerprint density at radius 3 is 2.65 bits per heavy atom. The lowest BCUT2D eigenvalue weighted by atomic mass is 10.1. The zero-order valence-electron chi connectivity index (χ0n) is 10.3. The molecule has 0 radical (unpaired) electrons. The van der Waals surface area contributed by atoms with Crippen molar-refractivity contribution in [3.63, 3.8) is 0 Å². The normalized spacial score (nSPS) is 10.8. The van der Waals surface area contributed by atoms with E-state index in [1.54, 1.807) is 12.1 Å². The molecule has 0 aliphatic heterocycles. The van der Waals surface area contributed by atoms with Crippen molar-refractivity contribution < 1.29 is 4.92 Å². The Balaban J connectivity index is 2.00. The maximum absolute atomic E-state index is 10.8. The molecular formula is C14H10BrN3O2. The highest BCUT2D eigenvalue weighted by Gasteiger charge is 2.11. The Bertz CT molecular complexity index is 781. The van der Waals surface area contributed by atoms with E-state index < -0.39 is 4.92 Å². The molecule has 0 saturated heterocycles. The van der Waals surface area contributed by atoms with Crippen LogP contribution < -0.4 is 0 Å². The summed E-state index contributed by atoms with van der Waals surface area (Å²) >= 11 is 3.39. The maximum Gasteiger partial charge on any atom is 0.270 e. The second-order valence-electron chi connectivity index (χ2n) is 4.46. The summed E-state index contributed by atoms with van der Waals surface area (Å²) in [5, 5.41) is 18.8. The molecule has 3 rings (SSSR count). The third kappa shape index (κ3) is 2.42. The van der Waals surface area contributed by atoms with Crippen molar-refractivity contribution in [2.24, 2.45) is 0 Å². The van der Waals surface area contributed by atoms with Gasteiger partial charge in [-0.15, -0.1) is 0 Å². The first-order chi connectivity index (χ1) is 9.63. The van der Waals surface area contributed by atoms with E-state index >= 15 is 0 Å². The summed E-state index contributed by atoms with van der Waals surface area (Å²) in [5.74, 6) is 0. The summed E-state index contributed by atoms with van der Waals surface area (Å²) in [7, 11) is 0. The Kier molecular flexibility index (Phi) is 3.23. The first-order valence-corrected chi connectivity index (χ1v) is 6.78. The van der Waals surface area contributed by atoms with E-state index in [9.17, 15) is 10.1 Å². The standard InChI is InChI=1S/C14H10BrN3O2/c15-10-3-1-9(2-4-10)7-14-12-8-11(18(19)20)5-6-13(12)16-17-14/h1-6,8H,7H2,(H,16,17). The topological polar surface area (TPSA) is 71.8 Å². The zero-order chi connectivity index (χ0) is 14.1. The molecule has 0 atom stereocenters. The van der Waals surface area contributed by atoms with Gasteiger partial charge in [0, 0.05) is 34.1 Å². The number of non-ortho nitro benzene ring substituents is 1. The average molecular weight is 332 g/mol. The van der Waals surface area contributed by atoms with Crippen LogP contribution in [0.1, 0.15) is 11.3 Å². The van der Waals surface area contributed by atoms with E-state index in [4.69, 9.17) is 0 Å². The molecule has 20 heavy (non-hydrogen) atoms. The number of fused-ring (bicyclic) bond motifs is 1. The molecule has 1 N–H and O–H groups in total. The van der Waals surface area contributed by atoms with Gasteiger partial charge in [-0.25, -0.2) is 0 Å². The minimum absolute atomic E-state index is 0.0796. The van der Waals surface area contributed by atoms with Crippen molar-refractivity contribution in [1.82, 2.24) is 10.2 Å². The summed E-state index contributed by atoms with van der Waals surface area (Å²) in [6, 6.07) is 12.6. The van der Waals surface area contributed by atoms with Gasteiger partial charge in [0.05, 0.1) is 10.4 Å². The first kappa shape index (κ1) is 12.8. The summed E-state index contributed by atoms with van der Waals surface area (Å²) in [6.07, 6.45) is 0.658. The number of nitrogens with one attached hydrogen (secondary N) is 1. The summed E-state index contributed by atoms with van der Waals surface area (Å²) in [6.45, 7) is 0. The number of nitrogens with zero attached hydrogens (tertiary/aromatic N) is 2. The molecule has 0 bridgehead atoms. The number of halogens is 1. The lowest BCUT2D eigenvalue weighted by Gasteiger charge is -2.00. The fourth-order valence-corrected chi connectivity index (χ4v) is 2.37. The van der Waals surface area contributed by atoms with Gasteiger partial charge in [-0.1, -0.05) is 28.1 Å². The predicted molar refractivity (Wildman–Crippen MR) is 79.7 cm³/mol. The van der Waals surface area contributed by atoms with E-state index in [-0.39, 0.29) is 5.69 Å². The highest BCUT2D eigenvalue weighted by Crippen LogP contribution is 2.24. The van der Waals surface area contributed by atoms with Gasteiger partial charge in [0.1, 0.15) is 0 Å². The molecule has 6 heteroatoms. The van der Waals surface area contributed by atoms with Gasteiger partial charge in [-0.3, -0.25) is 15.2 Å². The number of H-pyrrole nitrogens is 1. The first-order valence-electron chi connectivity index (χ1n) is 5.99. The lowest BCUT2D eigenvalue weighted by Crippen LogP contribution is -1.90. The van der Waals surface area contributed by atoms with Crippen molar-refractivity contribution in [1.29, 1.82) is 0 Å². The van der Waals surface area contributed by atoms with Crippen LogP contribution in [-0.4, -0.2) is 15.1 Å². The van der Waals surface area contributed by atoms with E-state index in [1.807, 2.05) is 24.3 Å². The number of hydrogen-bond acceptors (Lipinski definition) is 3. The predicted octanol–water partition coefficient (Wildman–Crippen LogP) is 3.82. The largest absolute Gasteiger partial charge is 0.281 e. The molecule has 0 spiro atoms. The second-order valence-corrected chi connectivity index (χ2v) is 5.38. The van der Waals surface area contributed by atoms with Gasteiger partial charge < -0.3 is 0 Å². The van der Waals surface area contributed by atoms with Crippen molar-refractivity contribution in [3.05, 3.63) is 68.3 Å². The van der Waals surface area contributed by atoms with Gasteiger partial charge in [0.25, 0.3) is 5.69 Å². The number of aromatic nitrogens is 2. The van der Waals surface area contributed by atoms with Gasteiger partial charge in [-0.05, 0) is 23.8 Å². The number of nitro benzene ring substituents is 1. The van der Waals surface area contributed by atoms with E-state index in [0.29, 0.717) is 6.42 Å². The van der Waals surface area contributed by atoms with Crippen LogP contribution in [0.15, 0.2) is 46.9 Å². The highest BCUT2D eigenvalue weighted by atomic mass is 79.9. The molecule has 1 heterocycles. The molecule has 0 fully saturated rings. The number of hydrogen-bond donors (Lipinski definition) is 1. The Morgan fingerprint density at radius 1 is 1.20 bits per heavy atom. The summed E-state index contributed by atoms with van der Waals surface area (Å²) in [4.78, 5) is 10.5. The van der Waals surface area contributed by atoms with Crippen LogP contribution in [0.25, 0.3) is 10.9 Å². The van der Waals surface area contributed by atoms with Crippen LogP contribution in [0.5, 0.6) is 0 Å². The average Bonchev–Trinajstić information content (AvgIpc) is 2.84. The van der Waals surface area contributed by atoms with Crippen molar-refractivity contribution in [3.8, 4) is 0 Å².